The van der Waals surface area contributed by atoms with Crippen LogP contribution in [0.3, 0.4) is 0 Å². The fraction of sp³-hybridized carbons (Fsp3) is 0.0909. The quantitative estimate of drug-likeness (QED) is 0.470. The van der Waals surface area contributed by atoms with Gasteiger partial charge in [0.1, 0.15) is 5.88 Å². The summed E-state index contributed by atoms with van der Waals surface area (Å²) in [6.07, 6.45) is 0. The van der Waals surface area contributed by atoms with E-state index >= 15 is 0 Å². The number of rotatable bonds is 6. The van der Waals surface area contributed by atoms with Crippen molar-refractivity contribution in [2.24, 2.45) is 0 Å². The summed E-state index contributed by atoms with van der Waals surface area (Å²) in [5.41, 5.74) is 2.59. The van der Waals surface area contributed by atoms with Crippen LogP contribution in [0.15, 0.2) is 84.9 Å². The molecule has 0 saturated heterocycles. The molecule has 3 aromatic rings. The topological polar surface area (TPSA) is 37.4 Å². The van der Waals surface area contributed by atoms with Gasteiger partial charge in [-0.25, -0.2) is 0 Å². The molecule has 3 rings (SSSR count). The molecule has 3 aromatic carbocycles. The van der Waals surface area contributed by atoms with E-state index in [2.05, 4.69) is 0 Å². The van der Waals surface area contributed by atoms with Gasteiger partial charge in [-0.1, -0.05) is 72.8 Å². The third kappa shape index (κ3) is 4.01. The van der Waals surface area contributed by atoms with E-state index in [1.807, 2.05) is 54.6 Å². The Morgan fingerprint density at radius 3 is 2.00 bits per heavy atom. The normalized spacial score (nSPS) is 10.3. The SMILES string of the molecule is O=C(c1ccccc1)c1ccccc1N(Cc1ccccc1)C(=O)CCl. The first-order chi connectivity index (χ1) is 12.7. The molecule has 0 radical (unpaired) electrons. The van der Waals surface area contributed by atoms with Crippen LogP contribution in [0.25, 0.3) is 0 Å². The Bertz CT molecular complexity index is 894. The molecule has 0 fully saturated rings. The standard InChI is InChI=1S/C22H18ClNO2/c23-15-21(25)24(16-17-9-3-1-4-10-17)20-14-8-7-13-19(20)22(26)18-11-5-2-6-12-18/h1-14H,15-16H2. The van der Waals surface area contributed by atoms with Crippen molar-refractivity contribution >= 4 is 29.0 Å². The van der Waals surface area contributed by atoms with E-state index in [0.717, 1.165) is 5.56 Å². The van der Waals surface area contributed by atoms with Gasteiger partial charge in [-0.15, -0.1) is 11.6 Å². The van der Waals surface area contributed by atoms with Crippen LogP contribution in [-0.2, 0) is 11.3 Å². The molecule has 0 aliphatic carbocycles. The van der Waals surface area contributed by atoms with Crippen molar-refractivity contribution in [2.45, 2.75) is 6.54 Å². The molecular formula is C22H18ClNO2. The zero-order valence-corrected chi connectivity index (χ0v) is 14.9. The minimum Gasteiger partial charge on any atom is -0.306 e. The van der Waals surface area contributed by atoms with Gasteiger partial charge in [-0.3, -0.25) is 9.59 Å². The summed E-state index contributed by atoms with van der Waals surface area (Å²) in [7, 11) is 0. The molecule has 130 valence electrons. The number of nitrogens with zero attached hydrogens (tertiary/aromatic N) is 1. The fourth-order valence-corrected chi connectivity index (χ4v) is 2.94. The van der Waals surface area contributed by atoms with Gasteiger partial charge < -0.3 is 4.90 Å². The lowest BCUT2D eigenvalue weighted by molar-refractivity contribution is -0.116. The lowest BCUT2D eigenvalue weighted by atomic mass is 10.0. The average Bonchev–Trinajstić information content (AvgIpc) is 2.72. The fourth-order valence-electron chi connectivity index (χ4n) is 2.79. The van der Waals surface area contributed by atoms with Crippen LogP contribution in [0.5, 0.6) is 0 Å². The summed E-state index contributed by atoms with van der Waals surface area (Å²) in [6.45, 7) is 0.353. The van der Waals surface area contributed by atoms with Crippen molar-refractivity contribution in [3.63, 3.8) is 0 Å². The molecule has 26 heavy (non-hydrogen) atoms. The Labute approximate surface area is 157 Å². The van der Waals surface area contributed by atoms with E-state index in [-0.39, 0.29) is 17.6 Å². The van der Waals surface area contributed by atoms with Gasteiger partial charge >= 0.3 is 0 Å². The number of carbonyl (C=O) groups excluding carboxylic acids is 2. The zero-order valence-electron chi connectivity index (χ0n) is 14.1. The summed E-state index contributed by atoms with van der Waals surface area (Å²) < 4.78 is 0. The molecular weight excluding hydrogens is 346 g/mol. The average molecular weight is 364 g/mol. The molecule has 0 bridgehead atoms. The highest BCUT2D eigenvalue weighted by Gasteiger charge is 2.22. The smallest absolute Gasteiger partial charge is 0.242 e. The maximum absolute atomic E-state index is 13.0. The first-order valence-corrected chi connectivity index (χ1v) is 8.83. The summed E-state index contributed by atoms with van der Waals surface area (Å²) in [4.78, 5) is 27.0. The van der Waals surface area contributed by atoms with Gasteiger partial charge in [0.25, 0.3) is 0 Å². The highest BCUT2D eigenvalue weighted by molar-refractivity contribution is 6.29. The number of hydrogen-bond donors (Lipinski definition) is 0. The lowest BCUT2D eigenvalue weighted by Crippen LogP contribution is -2.32. The predicted octanol–water partition coefficient (Wildman–Crippen LogP) is 4.69. The first-order valence-electron chi connectivity index (χ1n) is 8.29. The number of carbonyl (C=O) groups is 2. The van der Waals surface area contributed by atoms with E-state index in [9.17, 15) is 9.59 Å². The van der Waals surface area contributed by atoms with Gasteiger partial charge in [0, 0.05) is 11.1 Å². The summed E-state index contributed by atoms with van der Waals surface area (Å²) in [6, 6.07) is 25.8. The van der Waals surface area contributed by atoms with Crippen molar-refractivity contribution in [1.29, 1.82) is 0 Å². The van der Waals surface area contributed by atoms with E-state index < -0.39 is 0 Å². The van der Waals surface area contributed by atoms with Crippen LogP contribution in [-0.4, -0.2) is 17.6 Å². The molecule has 0 N–H and O–H groups in total. The number of halogens is 1. The lowest BCUT2D eigenvalue weighted by Gasteiger charge is -2.24. The van der Waals surface area contributed by atoms with E-state index in [1.54, 1.807) is 35.2 Å². The molecule has 3 nitrogen and oxygen atoms in total. The Kier molecular flexibility index (Phi) is 5.82. The van der Waals surface area contributed by atoms with Crippen molar-refractivity contribution in [2.75, 3.05) is 10.8 Å². The largest absolute Gasteiger partial charge is 0.306 e. The highest BCUT2D eigenvalue weighted by Crippen LogP contribution is 2.25. The van der Waals surface area contributed by atoms with Crippen molar-refractivity contribution in [3.05, 3.63) is 102 Å². The zero-order chi connectivity index (χ0) is 18.4. The van der Waals surface area contributed by atoms with Crippen LogP contribution in [0, 0.1) is 0 Å². The number of hydrogen-bond acceptors (Lipinski definition) is 2. The number of ketones is 1. The van der Waals surface area contributed by atoms with Gasteiger partial charge in [0.15, 0.2) is 5.78 Å². The van der Waals surface area contributed by atoms with Crippen molar-refractivity contribution < 1.29 is 9.59 Å². The third-order valence-electron chi connectivity index (χ3n) is 4.07. The predicted molar refractivity (Wildman–Crippen MR) is 105 cm³/mol. The summed E-state index contributed by atoms with van der Waals surface area (Å²) >= 11 is 5.84. The number of para-hydroxylation sites is 1. The number of amides is 1. The van der Waals surface area contributed by atoms with E-state index in [4.69, 9.17) is 11.6 Å². The van der Waals surface area contributed by atoms with Crippen LogP contribution in [0.1, 0.15) is 21.5 Å². The van der Waals surface area contributed by atoms with Crippen LogP contribution in [0.2, 0.25) is 0 Å². The molecule has 4 heteroatoms. The molecule has 0 aliphatic rings. The minimum atomic E-state index is -0.246. The number of anilines is 1. The van der Waals surface area contributed by atoms with Crippen molar-refractivity contribution in [3.8, 4) is 0 Å². The van der Waals surface area contributed by atoms with Crippen LogP contribution in [0.4, 0.5) is 5.69 Å². The Hall–Kier alpha value is -2.91. The number of alkyl halides is 1. The van der Waals surface area contributed by atoms with Gasteiger partial charge in [-0.2, -0.15) is 0 Å². The Morgan fingerprint density at radius 2 is 1.35 bits per heavy atom. The highest BCUT2D eigenvalue weighted by atomic mass is 35.5. The second-order valence-corrected chi connectivity index (χ2v) is 6.08. The Morgan fingerprint density at radius 1 is 0.769 bits per heavy atom. The maximum Gasteiger partial charge on any atom is 0.242 e. The molecule has 0 aliphatic heterocycles. The van der Waals surface area contributed by atoms with Gasteiger partial charge in [0.05, 0.1) is 12.2 Å². The van der Waals surface area contributed by atoms with Gasteiger partial charge in [0.2, 0.25) is 5.91 Å². The van der Waals surface area contributed by atoms with E-state index in [1.165, 1.54) is 0 Å². The molecule has 0 heterocycles. The number of benzene rings is 3. The second-order valence-electron chi connectivity index (χ2n) is 5.81. The summed E-state index contributed by atoms with van der Waals surface area (Å²) in [5.74, 6) is -0.522. The molecule has 0 aromatic heterocycles. The molecule has 1 amide bonds. The van der Waals surface area contributed by atoms with Gasteiger partial charge in [-0.05, 0) is 17.7 Å². The molecule has 0 unspecified atom stereocenters. The van der Waals surface area contributed by atoms with E-state index in [0.29, 0.717) is 23.4 Å². The second kappa shape index (κ2) is 8.45. The Balaban J connectivity index is 2.02. The van der Waals surface area contributed by atoms with Crippen LogP contribution >= 0.6 is 11.6 Å². The third-order valence-corrected chi connectivity index (χ3v) is 4.30. The van der Waals surface area contributed by atoms with Crippen molar-refractivity contribution in [1.82, 2.24) is 0 Å². The maximum atomic E-state index is 13.0. The molecule has 0 spiro atoms. The van der Waals surface area contributed by atoms with Crippen LogP contribution < -0.4 is 4.90 Å². The first kappa shape index (κ1) is 17.9. The minimum absolute atomic E-state index is 0.123. The molecule has 0 atom stereocenters. The molecule has 0 saturated carbocycles. The monoisotopic (exact) mass is 363 g/mol. The summed E-state index contributed by atoms with van der Waals surface area (Å²) in [5, 5.41) is 0.